The van der Waals surface area contributed by atoms with Crippen LogP contribution < -0.4 is 10.6 Å². The van der Waals surface area contributed by atoms with Crippen molar-refractivity contribution in [2.24, 2.45) is 0 Å². The second-order valence-corrected chi connectivity index (χ2v) is 10.8. The Hall–Kier alpha value is -2.87. The molecule has 9 heteroatoms. The van der Waals surface area contributed by atoms with E-state index in [1.165, 1.54) is 24.3 Å². The molecule has 0 aromatic heterocycles. The average molecular weight is 521 g/mol. The highest BCUT2D eigenvalue weighted by Gasteiger charge is 2.46. The number of hydrogen-bond donors (Lipinski definition) is 2. The molecule has 8 nitrogen and oxygen atoms in total. The van der Waals surface area contributed by atoms with Crippen LogP contribution in [-0.2, 0) is 37.6 Å². The number of nitriles is 1. The highest BCUT2D eigenvalue weighted by atomic mass is 19.1. The molecule has 1 atom stereocenters. The van der Waals surface area contributed by atoms with E-state index >= 15 is 4.39 Å². The molecular weight excluding hydrogens is 487 g/mol. The first-order valence-electron chi connectivity index (χ1n) is 13.3. The number of halogens is 1. The fourth-order valence-electron chi connectivity index (χ4n) is 5.98. The van der Waals surface area contributed by atoms with Gasteiger partial charge in [-0.1, -0.05) is 24.3 Å². The highest BCUT2D eigenvalue weighted by Crippen LogP contribution is 2.46. The number of hydrogen-bond acceptors (Lipinski definition) is 7. The van der Waals surface area contributed by atoms with Crippen molar-refractivity contribution in [3.63, 3.8) is 0 Å². The first kappa shape index (κ1) is 25.4. The van der Waals surface area contributed by atoms with Crippen LogP contribution in [0.5, 0.6) is 0 Å². The Morgan fingerprint density at radius 1 is 1.24 bits per heavy atom. The molecule has 4 aliphatic rings. The molecule has 0 aliphatic carbocycles. The molecule has 1 unspecified atom stereocenters. The van der Waals surface area contributed by atoms with Gasteiger partial charge in [-0.05, 0) is 52.8 Å². The van der Waals surface area contributed by atoms with Gasteiger partial charge in [-0.2, -0.15) is 5.26 Å². The number of piperidine rings is 1. The predicted octanol–water partition coefficient (Wildman–Crippen LogP) is 2.25. The van der Waals surface area contributed by atoms with Gasteiger partial charge in [0.05, 0.1) is 37.5 Å². The largest absolute Gasteiger partial charge is 0.378 e. The van der Waals surface area contributed by atoms with Crippen LogP contribution >= 0.6 is 0 Å². The summed E-state index contributed by atoms with van der Waals surface area (Å²) in [6.07, 6.45) is 1.95. The molecule has 2 aromatic carbocycles. The van der Waals surface area contributed by atoms with Gasteiger partial charge in [0.25, 0.3) is 5.91 Å². The fraction of sp³-hybridized carbons (Fsp3) is 0.517. The van der Waals surface area contributed by atoms with Crippen LogP contribution in [0.15, 0.2) is 36.4 Å². The molecule has 2 N–H and O–H groups in total. The molecular formula is C29H33FN4O4. The summed E-state index contributed by atoms with van der Waals surface area (Å²) < 4.78 is 32.3. The zero-order chi connectivity index (χ0) is 26.3. The van der Waals surface area contributed by atoms with Gasteiger partial charge in [-0.15, -0.1) is 0 Å². The maximum atomic E-state index is 15.2. The van der Waals surface area contributed by atoms with Crippen molar-refractivity contribution in [2.75, 3.05) is 46.5 Å². The van der Waals surface area contributed by atoms with Gasteiger partial charge < -0.3 is 24.8 Å². The van der Waals surface area contributed by atoms with Gasteiger partial charge in [0, 0.05) is 39.7 Å². The van der Waals surface area contributed by atoms with Crippen molar-refractivity contribution >= 4 is 5.91 Å². The van der Waals surface area contributed by atoms with E-state index in [2.05, 4.69) is 33.7 Å². The third-order valence-electron chi connectivity index (χ3n) is 8.74. The minimum Gasteiger partial charge on any atom is -0.378 e. The molecule has 4 heterocycles. The fourth-order valence-corrected chi connectivity index (χ4v) is 5.98. The lowest BCUT2D eigenvalue weighted by Crippen LogP contribution is -2.69. The number of methoxy groups -OCH3 is 1. The summed E-state index contributed by atoms with van der Waals surface area (Å²) in [5, 5.41) is 15.3. The molecule has 0 radical (unpaired) electrons. The van der Waals surface area contributed by atoms with Gasteiger partial charge in [-0.25, -0.2) is 4.39 Å². The molecule has 2 aromatic rings. The normalized spacial score (nSPS) is 22.7. The number of rotatable bonds is 7. The maximum Gasteiger partial charge on any atom is 0.255 e. The first-order chi connectivity index (χ1) is 18.4. The number of nitrogens with zero attached hydrogens (tertiary/aromatic N) is 2. The summed E-state index contributed by atoms with van der Waals surface area (Å²) in [7, 11) is 1.47. The van der Waals surface area contributed by atoms with E-state index in [0.717, 1.165) is 50.3 Å². The Labute approximate surface area is 222 Å². The monoisotopic (exact) mass is 520 g/mol. The van der Waals surface area contributed by atoms with Gasteiger partial charge in [0.1, 0.15) is 11.9 Å². The van der Waals surface area contributed by atoms with E-state index in [0.29, 0.717) is 31.3 Å². The number of carbonyl (C=O) groups excluding carboxylic acids is 1. The lowest BCUT2D eigenvalue weighted by atomic mass is 9.82. The minimum atomic E-state index is -0.964. The summed E-state index contributed by atoms with van der Waals surface area (Å²) in [5.41, 5.74) is 3.28. The zero-order valence-electron chi connectivity index (χ0n) is 21.6. The van der Waals surface area contributed by atoms with Crippen molar-refractivity contribution in [2.45, 2.75) is 49.2 Å². The van der Waals surface area contributed by atoms with Crippen molar-refractivity contribution in [3.8, 4) is 17.2 Å². The zero-order valence-corrected chi connectivity index (χ0v) is 21.6. The SMILES string of the molecule is COC1(C(=O)NC(C#N)Cc2ccc(-c3ccc4c(c3)C3(CCN(C5COC5)CC3)OC4)cc2F)CNC1. The maximum absolute atomic E-state index is 15.2. The van der Waals surface area contributed by atoms with Crippen molar-refractivity contribution < 1.29 is 23.4 Å². The number of carbonyl (C=O) groups is 1. The van der Waals surface area contributed by atoms with Crippen LogP contribution in [0.4, 0.5) is 4.39 Å². The Balaban J connectivity index is 1.16. The van der Waals surface area contributed by atoms with E-state index in [1.54, 1.807) is 6.07 Å². The van der Waals surface area contributed by atoms with E-state index in [1.807, 2.05) is 12.1 Å². The smallest absolute Gasteiger partial charge is 0.255 e. The molecule has 3 saturated heterocycles. The van der Waals surface area contributed by atoms with E-state index < -0.39 is 17.5 Å². The third kappa shape index (κ3) is 4.40. The quantitative estimate of drug-likeness (QED) is 0.578. The summed E-state index contributed by atoms with van der Waals surface area (Å²) in [6.45, 7) is 5.00. The number of nitrogens with one attached hydrogen (secondary N) is 2. The number of ether oxygens (including phenoxy) is 3. The second kappa shape index (κ2) is 10.0. The second-order valence-electron chi connectivity index (χ2n) is 10.8. The summed E-state index contributed by atoms with van der Waals surface area (Å²) in [4.78, 5) is 15.1. The van der Waals surface area contributed by atoms with Crippen LogP contribution in [0.3, 0.4) is 0 Å². The Morgan fingerprint density at radius 3 is 2.58 bits per heavy atom. The Kier molecular flexibility index (Phi) is 6.70. The lowest BCUT2D eigenvalue weighted by Gasteiger charge is -2.45. The molecule has 1 spiro atoms. The molecule has 1 amide bonds. The molecule has 0 bridgehead atoms. The van der Waals surface area contributed by atoms with Crippen LogP contribution in [0.25, 0.3) is 11.1 Å². The summed E-state index contributed by atoms with van der Waals surface area (Å²) in [6, 6.07) is 13.1. The lowest BCUT2D eigenvalue weighted by molar-refractivity contribution is -0.150. The van der Waals surface area contributed by atoms with Crippen LogP contribution in [-0.4, -0.2) is 75.0 Å². The van der Waals surface area contributed by atoms with Gasteiger partial charge >= 0.3 is 0 Å². The molecule has 3 fully saturated rings. The van der Waals surface area contributed by atoms with Gasteiger partial charge in [0.15, 0.2) is 5.60 Å². The number of likely N-dealkylation sites (tertiary alicyclic amines) is 1. The number of benzene rings is 2. The van der Waals surface area contributed by atoms with E-state index in [4.69, 9.17) is 14.2 Å². The Morgan fingerprint density at radius 2 is 1.97 bits per heavy atom. The Bertz CT molecular complexity index is 1260. The standard InChI is InChI=1S/C29H33FN4O4/c1-36-29(17-32-18-29)27(35)33-23(13-31)10-21-4-2-20(12-26(21)30)19-3-5-22-14-38-28(25(22)11-19)6-8-34(9-7-28)24-15-37-16-24/h2-5,11-12,23-24,32H,6-10,14-18H2,1H3,(H,33,35). The topological polar surface area (TPSA) is 95.9 Å². The number of fused-ring (bicyclic) bond motifs is 2. The highest BCUT2D eigenvalue weighted by molar-refractivity contribution is 5.87. The molecule has 6 rings (SSSR count). The molecule has 0 saturated carbocycles. The summed E-state index contributed by atoms with van der Waals surface area (Å²) in [5.74, 6) is -0.755. The van der Waals surface area contributed by atoms with Gasteiger partial charge in [0.2, 0.25) is 0 Å². The van der Waals surface area contributed by atoms with Crippen LogP contribution in [0.1, 0.15) is 29.5 Å². The van der Waals surface area contributed by atoms with Crippen molar-refractivity contribution in [1.29, 1.82) is 5.26 Å². The summed E-state index contributed by atoms with van der Waals surface area (Å²) >= 11 is 0. The third-order valence-corrected chi connectivity index (χ3v) is 8.74. The van der Waals surface area contributed by atoms with Crippen molar-refractivity contribution in [3.05, 3.63) is 58.9 Å². The minimum absolute atomic E-state index is 0.0747. The number of amides is 1. The van der Waals surface area contributed by atoms with Crippen molar-refractivity contribution in [1.82, 2.24) is 15.5 Å². The predicted molar refractivity (Wildman–Crippen MR) is 138 cm³/mol. The first-order valence-corrected chi connectivity index (χ1v) is 13.3. The van der Waals surface area contributed by atoms with E-state index in [-0.39, 0.29) is 17.9 Å². The van der Waals surface area contributed by atoms with Crippen LogP contribution in [0, 0.1) is 17.1 Å². The van der Waals surface area contributed by atoms with E-state index in [9.17, 15) is 10.1 Å². The molecule has 4 aliphatic heterocycles. The molecule has 200 valence electrons. The average Bonchev–Trinajstić information content (AvgIpc) is 3.22. The van der Waals surface area contributed by atoms with Crippen LogP contribution in [0.2, 0.25) is 0 Å². The molecule has 38 heavy (non-hydrogen) atoms. The van der Waals surface area contributed by atoms with Gasteiger partial charge in [-0.3, -0.25) is 9.69 Å².